The summed E-state index contributed by atoms with van der Waals surface area (Å²) in [6.45, 7) is 4.52. The lowest BCUT2D eigenvalue weighted by atomic mass is 10.2. The van der Waals surface area contributed by atoms with E-state index >= 15 is 0 Å². The standard InChI is InChI=1S/C10H14N4OS2/c1-5-7(6(2)15-13-5)4-12-10-8(16-3)9(11)14-17-10/h12H,4H2,1-3H3,(H2,11,14). The van der Waals surface area contributed by atoms with E-state index in [1.54, 1.807) is 11.8 Å². The van der Waals surface area contributed by atoms with Gasteiger partial charge in [-0.25, -0.2) is 0 Å². The molecule has 0 aliphatic carbocycles. The van der Waals surface area contributed by atoms with Crippen molar-refractivity contribution in [3.05, 3.63) is 17.0 Å². The minimum absolute atomic E-state index is 0.587. The van der Waals surface area contributed by atoms with Crippen LogP contribution in [0.15, 0.2) is 9.42 Å². The Morgan fingerprint density at radius 2 is 2.24 bits per heavy atom. The van der Waals surface area contributed by atoms with E-state index in [1.165, 1.54) is 11.5 Å². The van der Waals surface area contributed by atoms with Crippen LogP contribution in [0.4, 0.5) is 10.8 Å². The molecule has 3 N–H and O–H groups in total. The molecule has 0 bridgehead atoms. The van der Waals surface area contributed by atoms with Gasteiger partial charge in [0, 0.05) is 12.1 Å². The van der Waals surface area contributed by atoms with E-state index in [-0.39, 0.29) is 0 Å². The number of hydrogen-bond donors (Lipinski definition) is 2. The zero-order valence-corrected chi connectivity index (χ0v) is 11.5. The second-order valence-electron chi connectivity index (χ2n) is 3.59. The molecule has 0 aromatic carbocycles. The van der Waals surface area contributed by atoms with Gasteiger partial charge in [-0.05, 0) is 31.6 Å². The third-order valence-corrected chi connectivity index (χ3v) is 4.25. The van der Waals surface area contributed by atoms with Crippen LogP contribution in [0.1, 0.15) is 17.0 Å². The van der Waals surface area contributed by atoms with Crippen molar-refractivity contribution in [3.63, 3.8) is 0 Å². The van der Waals surface area contributed by atoms with Gasteiger partial charge in [-0.1, -0.05) is 5.16 Å². The number of thioether (sulfide) groups is 1. The number of nitrogens with one attached hydrogen (secondary N) is 1. The fourth-order valence-electron chi connectivity index (χ4n) is 1.53. The van der Waals surface area contributed by atoms with Crippen LogP contribution in [0.25, 0.3) is 0 Å². The fourth-order valence-corrected chi connectivity index (χ4v) is 3.06. The largest absolute Gasteiger partial charge is 0.382 e. The van der Waals surface area contributed by atoms with Gasteiger partial charge in [0.05, 0.1) is 10.6 Å². The maximum atomic E-state index is 5.77. The zero-order chi connectivity index (χ0) is 12.4. The monoisotopic (exact) mass is 270 g/mol. The van der Waals surface area contributed by atoms with Gasteiger partial charge in [-0.15, -0.1) is 11.8 Å². The summed E-state index contributed by atoms with van der Waals surface area (Å²) >= 11 is 2.97. The number of nitrogens with zero attached hydrogens (tertiary/aromatic N) is 2. The normalized spacial score (nSPS) is 10.8. The molecule has 2 rings (SSSR count). The van der Waals surface area contributed by atoms with Crippen LogP contribution >= 0.6 is 23.3 Å². The predicted molar refractivity (Wildman–Crippen MR) is 71.6 cm³/mol. The lowest BCUT2D eigenvalue weighted by Crippen LogP contribution is -2.00. The maximum Gasteiger partial charge on any atom is 0.153 e. The molecule has 0 unspecified atom stereocenters. The first-order valence-electron chi connectivity index (χ1n) is 5.08. The Morgan fingerprint density at radius 3 is 2.82 bits per heavy atom. The Hall–Kier alpha value is -1.21. The highest BCUT2D eigenvalue weighted by Gasteiger charge is 2.13. The van der Waals surface area contributed by atoms with Gasteiger partial charge < -0.3 is 15.6 Å². The molecule has 0 spiro atoms. The SMILES string of the molecule is CSc1c(N)nsc1NCc1c(C)noc1C. The van der Waals surface area contributed by atoms with Crippen molar-refractivity contribution < 1.29 is 4.52 Å². The van der Waals surface area contributed by atoms with Gasteiger partial charge in [0.15, 0.2) is 5.82 Å². The van der Waals surface area contributed by atoms with Crippen LogP contribution < -0.4 is 11.1 Å². The van der Waals surface area contributed by atoms with Crippen molar-refractivity contribution in [1.82, 2.24) is 9.53 Å². The number of rotatable bonds is 4. The van der Waals surface area contributed by atoms with Crippen molar-refractivity contribution in [2.75, 3.05) is 17.3 Å². The summed E-state index contributed by atoms with van der Waals surface area (Å²) in [5.74, 6) is 1.43. The van der Waals surface area contributed by atoms with E-state index in [1.807, 2.05) is 20.1 Å². The van der Waals surface area contributed by atoms with E-state index in [9.17, 15) is 0 Å². The van der Waals surface area contributed by atoms with E-state index in [2.05, 4.69) is 14.8 Å². The first-order valence-corrected chi connectivity index (χ1v) is 7.08. The average Bonchev–Trinajstić information content (AvgIpc) is 2.81. The Kier molecular flexibility index (Phi) is 3.58. The fraction of sp³-hybridized carbons (Fsp3) is 0.400. The quantitative estimate of drug-likeness (QED) is 0.832. The second kappa shape index (κ2) is 4.97. The van der Waals surface area contributed by atoms with Crippen molar-refractivity contribution in [2.24, 2.45) is 0 Å². The molecule has 0 amide bonds. The summed E-state index contributed by atoms with van der Waals surface area (Å²) < 4.78 is 9.24. The van der Waals surface area contributed by atoms with Gasteiger partial charge >= 0.3 is 0 Å². The first kappa shape index (κ1) is 12.3. The van der Waals surface area contributed by atoms with Gasteiger partial charge in [-0.2, -0.15) is 4.37 Å². The molecule has 17 heavy (non-hydrogen) atoms. The molecule has 0 radical (unpaired) electrons. The Labute approximate surface area is 108 Å². The highest BCUT2D eigenvalue weighted by Crippen LogP contribution is 2.35. The van der Waals surface area contributed by atoms with Gasteiger partial charge in [0.25, 0.3) is 0 Å². The number of anilines is 2. The molecule has 5 nitrogen and oxygen atoms in total. The highest BCUT2D eigenvalue weighted by molar-refractivity contribution is 7.99. The lowest BCUT2D eigenvalue weighted by molar-refractivity contribution is 0.392. The molecule has 2 aromatic rings. The van der Waals surface area contributed by atoms with E-state index in [4.69, 9.17) is 10.3 Å². The molecule has 0 fully saturated rings. The molecule has 2 aromatic heterocycles. The number of aromatic nitrogens is 2. The van der Waals surface area contributed by atoms with Crippen LogP contribution in [-0.4, -0.2) is 15.8 Å². The van der Waals surface area contributed by atoms with Crippen molar-refractivity contribution in [3.8, 4) is 0 Å². The van der Waals surface area contributed by atoms with Gasteiger partial charge in [0.1, 0.15) is 10.8 Å². The first-order chi connectivity index (χ1) is 8.13. The smallest absolute Gasteiger partial charge is 0.153 e. The predicted octanol–water partition coefficient (Wildman–Crippen LogP) is 2.66. The van der Waals surface area contributed by atoms with Crippen LogP contribution in [0, 0.1) is 13.8 Å². The summed E-state index contributed by atoms with van der Waals surface area (Å²) in [4.78, 5) is 1.00. The summed E-state index contributed by atoms with van der Waals surface area (Å²) in [7, 11) is 0. The van der Waals surface area contributed by atoms with E-state index in [0.29, 0.717) is 12.4 Å². The van der Waals surface area contributed by atoms with Crippen molar-refractivity contribution >= 4 is 34.1 Å². The molecular formula is C10H14N4OS2. The van der Waals surface area contributed by atoms with Gasteiger partial charge in [0.2, 0.25) is 0 Å². The molecule has 0 atom stereocenters. The molecule has 2 heterocycles. The topological polar surface area (TPSA) is 77.0 Å². The van der Waals surface area contributed by atoms with Crippen LogP contribution in [0.2, 0.25) is 0 Å². The minimum atomic E-state index is 0.587. The third-order valence-electron chi connectivity index (χ3n) is 2.49. The summed E-state index contributed by atoms with van der Waals surface area (Å²) in [6.07, 6.45) is 1.99. The second-order valence-corrected chi connectivity index (χ2v) is 5.18. The molecule has 0 saturated carbocycles. The number of hydrogen-bond acceptors (Lipinski definition) is 7. The van der Waals surface area contributed by atoms with Crippen molar-refractivity contribution in [2.45, 2.75) is 25.3 Å². The number of nitrogens with two attached hydrogens (primary N) is 1. The number of aryl methyl sites for hydroxylation is 2. The molecular weight excluding hydrogens is 256 g/mol. The Morgan fingerprint density at radius 1 is 1.47 bits per heavy atom. The summed E-state index contributed by atoms with van der Waals surface area (Å²) in [5, 5.41) is 8.24. The van der Waals surface area contributed by atoms with Crippen LogP contribution in [0.5, 0.6) is 0 Å². The highest BCUT2D eigenvalue weighted by atomic mass is 32.2. The number of nitrogen functional groups attached to an aromatic ring is 1. The molecule has 0 aliphatic rings. The van der Waals surface area contributed by atoms with Crippen LogP contribution in [-0.2, 0) is 6.54 Å². The summed E-state index contributed by atoms with van der Waals surface area (Å²) in [6, 6.07) is 0. The Balaban J connectivity index is 2.12. The lowest BCUT2D eigenvalue weighted by Gasteiger charge is -2.04. The van der Waals surface area contributed by atoms with Gasteiger partial charge in [-0.3, -0.25) is 0 Å². The molecule has 0 aliphatic heterocycles. The van der Waals surface area contributed by atoms with E-state index < -0.39 is 0 Å². The molecule has 92 valence electrons. The Bertz CT molecular complexity index is 501. The molecule has 7 heteroatoms. The zero-order valence-electron chi connectivity index (χ0n) is 9.90. The van der Waals surface area contributed by atoms with Crippen molar-refractivity contribution in [1.29, 1.82) is 0 Å². The maximum absolute atomic E-state index is 5.77. The van der Waals surface area contributed by atoms with E-state index in [0.717, 1.165) is 26.9 Å². The van der Waals surface area contributed by atoms with Crippen LogP contribution in [0.3, 0.4) is 0 Å². The average molecular weight is 270 g/mol. The summed E-state index contributed by atoms with van der Waals surface area (Å²) in [5.41, 5.74) is 7.77. The third kappa shape index (κ3) is 2.39. The molecule has 0 saturated heterocycles. The minimum Gasteiger partial charge on any atom is -0.382 e.